The minimum Gasteiger partial charge on any atom is -0.490 e. The summed E-state index contributed by atoms with van der Waals surface area (Å²) < 4.78 is 6.20. The highest BCUT2D eigenvalue weighted by atomic mass is 16.5. The topological polar surface area (TPSA) is 82.3 Å². The first kappa shape index (κ1) is 17.0. The highest BCUT2D eigenvalue weighted by Crippen LogP contribution is 2.33. The van der Waals surface area contributed by atoms with Crippen LogP contribution >= 0.6 is 0 Å². The van der Waals surface area contributed by atoms with E-state index < -0.39 is 0 Å². The van der Waals surface area contributed by atoms with Crippen molar-refractivity contribution < 1.29 is 14.3 Å². The minimum absolute atomic E-state index is 0.250. The number of aryl methyl sites for hydroxylation is 1. The number of fused-ring (bicyclic) bond motifs is 1. The van der Waals surface area contributed by atoms with Gasteiger partial charge in [-0.05, 0) is 50.3 Å². The van der Waals surface area contributed by atoms with Gasteiger partial charge in [0.05, 0.1) is 17.0 Å². The zero-order chi connectivity index (χ0) is 16.7. The third kappa shape index (κ3) is 4.30. The Morgan fingerprint density at radius 2 is 1.96 bits per heavy atom. The molecule has 1 aliphatic rings. The Bertz CT molecular complexity index is 688. The van der Waals surface area contributed by atoms with Crippen molar-refractivity contribution in [1.29, 1.82) is 0 Å². The molecular formula is C18H22N2O3. The van der Waals surface area contributed by atoms with Crippen molar-refractivity contribution >= 4 is 22.7 Å². The molecule has 1 fully saturated rings. The Morgan fingerprint density at radius 3 is 2.61 bits per heavy atom. The molecule has 23 heavy (non-hydrogen) atoms. The van der Waals surface area contributed by atoms with Crippen LogP contribution in [0, 0.1) is 0 Å². The van der Waals surface area contributed by atoms with Gasteiger partial charge in [0, 0.05) is 11.4 Å². The molecule has 1 aromatic carbocycles. The third-order valence-electron chi connectivity index (χ3n) is 4.09. The van der Waals surface area contributed by atoms with Gasteiger partial charge in [0.2, 0.25) is 0 Å². The van der Waals surface area contributed by atoms with Crippen molar-refractivity contribution in [2.75, 3.05) is 5.73 Å². The molecule has 1 aromatic heterocycles. The van der Waals surface area contributed by atoms with Crippen LogP contribution in [-0.4, -0.2) is 17.2 Å². The molecule has 0 saturated heterocycles. The third-order valence-corrected chi connectivity index (χ3v) is 4.09. The molecule has 1 aliphatic carbocycles. The fourth-order valence-corrected chi connectivity index (χ4v) is 2.98. The zero-order valence-electron chi connectivity index (χ0n) is 13.4. The first-order chi connectivity index (χ1) is 11.2. The number of hydrogen-bond donors (Lipinski definition) is 1. The van der Waals surface area contributed by atoms with Gasteiger partial charge in [0.25, 0.3) is 0 Å². The van der Waals surface area contributed by atoms with Crippen LogP contribution in [0.4, 0.5) is 5.69 Å². The lowest BCUT2D eigenvalue weighted by Gasteiger charge is -2.24. The first-order valence-electron chi connectivity index (χ1n) is 8.03. The highest BCUT2D eigenvalue weighted by molar-refractivity contribution is 5.95. The second-order valence-electron chi connectivity index (χ2n) is 5.67. The Balaban J connectivity index is 0.000000595. The molecular weight excluding hydrogens is 292 g/mol. The lowest BCUT2D eigenvalue weighted by Crippen LogP contribution is -2.19. The molecule has 1 heterocycles. The summed E-state index contributed by atoms with van der Waals surface area (Å²) in [6.07, 6.45) is 7.65. The summed E-state index contributed by atoms with van der Waals surface area (Å²) in [6, 6.07) is 8.00. The number of aromatic nitrogens is 1. The number of benzene rings is 1. The van der Waals surface area contributed by atoms with Crippen molar-refractivity contribution in [3.8, 4) is 5.75 Å². The van der Waals surface area contributed by atoms with Gasteiger partial charge in [0.15, 0.2) is 0 Å². The molecule has 0 bridgehead atoms. The van der Waals surface area contributed by atoms with E-state index in [9.17, 15) is 0 Å². The van der Waals surface area contributed by atoms with Gasteiger partial charge in [-0.3, -0.25) is 4.98 Å². The van der Waals surface area contributed by atoms with Crippen molar-refractivity contribution in [1.82, 2.24) is 4.98 Å². The van der Waals surface area contributed by atoms with E-state index in [0.717, 1.165) is 47.3 Å². The first-order valence-corrected chi connectivity index (χ1v) is 8.03. The number of anilines is 1. The highest BCUT2D eigenvalue weighted by Gasteiger charge is 2.17. The van der Waals surface area contributed by atoms with Gasteiger partial charge in [-0.25, -0.2) is 0 Å². The number of rotatable bonds is 3. The molecule has 5 nitrogen and oxygen atoms in total. The molecule has 122 valence electrons. The molecule has 0 amide bonds. The van der Waals surface area contributed by atoms with Crippen LogP contribution in [-0.2, 0) is 16.0 Å². The molecule has 5 heteroatoms. The van der Waals surface area contributed by atoms with Crippen LogP contribution in [0.2, 0.25) is 0 Å². The number of ether oxygens (including phenoxy) is 1. The zero-order valence-corrected chi connectivity index (χ0v) is 13.4. The Hall–Kier alpha value is -2.39. The summed E-state index contributed by atoms with van der Waals surface area (Å²) in [7, 11) is 0. The molecule has 0 aliphatic heterocycles. The van der Waals surface area contributed by atoms with Crippen LogP contribution in [0.15, 0.2) is 24.3 Å². The largest absolute Gasteiger partial charge is 0.490 e. The minimum atomic E-state index is 0.250. The summed E-state index contributed by atoms with van der Waals surface area (Å²) >= 11 is 0. The lowest BCUT2D eigenvalue weighted by atomic mass is 9.97. The number of nitrogens with zero attached hydrogens (tertiary/aromatic N) is 1. The van der Waals surface area contributed by atoms with Gasteiger partial charge in [-0.2, -0.15) is 9.59 Å². The predicted octanol–water partition coefficient (Wildman–Crippen LogP) is 3.51. The monoisotopic (exact) mass is 314 g/mol. The van der Waals surface area contributed by atoms with Crippen molar-refractivity contribution in [3.05, 3.63) is 30.0 Å². The average Bonchev–Trinajstić information content (AvgIpc) is 2.56. The second-order valence-corrected chi connectivity index (χ2v) is 5.67. The van der Waals surface area contributed by atoms with E-state index in [4.69, 9.17) is 20.1 Å². The van der Waals surface area contributed by atoms with Gasteiger partial charge >= 0.3 is 6.15 Å². The molecule has 0 radical (unpaired) electrons. The Kier molecular flexibility index (Phi) is 6.12. The molecule has 0 unspecified atom stereocenters. The maximum absolute atomic E-state index is 8.12. The summed E-state index contributed by atoms with van der Waals surface area (Å²) in [4.78, 5) is 20.9. The van der Waals surface area contributed by atoms with E-state index in [1.807, 2.05) is 24.3 Å². The van der Waals surface area contributed by atoms with Gasteiger partial charge in [-0.15, -0.1) is 0 Å². The van der Waals surface area contributed by atoms with E-state index in [2.05, 4.69) is 11.9 Å². The fraction of sp³-hybridized carbons (Fsp3) is 0.444. The van der Waals surface area contributed by atoms with Crippen LogP contribution in [0.5, 0.6) is 5.75 Å². The molecule has 2 N–H and O–H groups in total. The van der Waals surface area contributed by atoms with E-state index in [-0.39, 0.29) is 6.15 Å². The molecule has 3 rings (SSSR count). The standard InChI is InChI=1S/C17H22N2O.CO2/c1-2-12-11-14(18)17-15(19-12)9-6-10-16(17)20-13-7-4-3-5-8-13;2-1-3/h6,9-11,13H,2-5,7-8H2,1H3,(H2,18,19);. The average molecular weight is 314 g/mol. The van der Waals surface area contributed by atoms with E-state index in [1.54, 1.807) is 0 Å². The van der Waals surface area contributed by atoms with Crippen LogP contribution in [0.1, 0.15) is 44.7 Å². The lowest BCUT2D eigenvalue weighted by molar-refractivity contribution is -0.191. The summed E-state index contributed by atoms with van der Waals surface area (Å²) in [5, 5.41) is 0.968. The smallest absolute Gasteiger partial charge is 0.373 e. The predicted molar refractivity (Wildman–Crippen MR) is 88.0 cm³/mol. The number of nitrogens with two attached hydrogens (primary N) is 1. The van der Waals surface area contributed by atoms with Crippen molar-refractivity contribution in [3.63, 3.8) is 0 Å². The van der Waals surface area contributed by atoms with Crippen molar-refractivity contribution in [2.45, 2.75) is 51.6 Å². The van der Waals surface area contributed by atoms with E-state index >= 15 is 0 Å². The number of carbonyl (C=O) groups excluding carboxylic acids is 2. The fourth-order valence-electron chi connectivity index (χ4n) is 2.98. The molecule has 1 saturated carbocycles. The van der Waals surface area contributed by atoms with Crippen molar-refractivity contribution in [2.24, 2.45) is 0 Å². The normalized spacial score (nSPS) is 14.7. The Labute approximate surface area is 135 Å². The van der Waals surface area contributed by atoms with Gasteiger partial charge < -0.3 is 10.5 Å². The van der Waals surface area contributed by atoms with Crippen LogP contribution < -0.4 is 10.5 Å². The second kappa shape index (κ2) is 8.30. The maximum Gasteiger partial charge on any atom is 0.373 e. The van der Waals surface area contributed by atoms with Gasteiger partial charge in [-0.1, -0.05) is 19.4 Å². The summed E-state index contributed by atoms with van der Waals surface area (Å²) in [5.74, 6) is 0.891. The number of nitrogen functional groups attached to an aromatic ring is 1. The molecule has 2 aromatic rings. The Morgan fingerprint density at radius 1 is 1.26 bits per heavy atom. The van der Waals surface area contributed by atoms with E-state index in [0.29, 0.717) is 6.10 Å². The molecule has 0 atom stereocenters. The van der Waals surface area contributed by atoms with Gasteiger partial charge in [0.1, 0.15) is 5.75 Å². The SMILES string of the molecule is CCc1cc(N)c2c(OC3CCCCC3)cccc2n1.O=C=O. The number of pyridine rings is 1. The molecule has 0 spiro atoms. The number of hydrogen-bond acceptors (Lipinski definition) is 5. The summed E-state index contributed by atoms with van der Waals surface area (Å²) in [6.45, 7) is 2.09. The quantitative estimate of drug-likeness (QED) is 0.937. The van der Waals surface area contributed by atoms with Crippen LogP contribution in [0.3, 0.4) is 0 Å². The summed E-state index contributed by atoms with van der Waals surface area (Å²) in [5.41, 5.74) is 8.97. The van der Waals surface area contributed by atoms with E-state index in [1.165, 1.54) is 19.3 Å². The maximum atomic E-state index is 8.12. The van der Waals surface area contributed by atoms with Crippen LogP contribution in [0.25, 0.3) is 10.9 Å².